The summed E-state index contributed by atoms with van der Waals surface area (Å²) in [6, 6.07) is 16.8. The Morgan fingerprint density at radius 2 is 1.76 bits per heavy atom. The van der Waals surface area contributed by atoms with Crippen LogP contribution in [0.15, 0.2) is 60.8 Å². The van der Waals surface area contributed by atoms with Gasteiger partial charge in [0.2, 0.25) is 5.82 Å². The first-order valence-corrected chi connectivity index (χ1v) is 14.2. The number of carbonyl (C=O) groups is 2. The minimum Gasteiger partial charge on any atom is -0.477 e. The van der Waals surface area contributed by atoms with E-state index in [2.05, 4.69) is 62.5 Å². The molecule has 2 aliphatic rings. The normalized spacial score (nSPS) is 24.2. The number of rotatable bonds is 6. The van der Waals surface area contributed by atoms with Crippen molar-refractivity contribution in [1.82, 2.24) is 24.9 Å². The van der Waals surface area contributed by atoms with E-state index in [9.17, 15) is 19.8 Å². The van der Waals surface area contributed by atoms with Crippen LogP contribution in [0.4, 0.5) is 11.5 Å². The molecule has 218 valence electrons. The van der Waals surface area contributed by atoms with Gasteiger partial charge in [-0.15, -0.1) is 5.10 Å². The highest BCUT2D eigenvalue weighted by Gasteiger charge is 2.40. The molecule has 6 rings (SSSR count). The van der Waals surface area contributed by atoms with Gasteiger partial charge in [0.1, 0.15) is 5.82 Å². The third-order valence-corrected chi connectivity index (χ3v) is 8.74. The number of pyridine rings is 2. The smallest absolute Gasteiger partial charge is 0.354 e. The molecule has 0 aliphatic carbocycles. The first kappa shape index (κ1) is 27.6. The van der Waals surface area contributed by atoms with Gasteiger partial charge in [-0.3, -0.25) is 4.79 Å². The molecular formula is C31H35N7O4. The third kappa shape index (κ3) is 5.16. The number of anilines is 2. The molecule has 1 aromatic carbocycles. The molecule has 2 unspecified atom stereocenters. The molecule has 11 nitrogen and oxygen atoms in total. The van der Waals surface area contributed by atoms with Crippen molar-refractivity contribution in [1.29, 1.82) is 0 Å². The maximum atomic E-state index is 13.4. The highest BCUT2D eigenvalue weighted by molar-refractivity contribution is 5.91. The van der Waals surface area contributed by atoms with E-state index in [0.29, 0.717) is 24.4 Å². The Balaban J connectivity index is 1.20. The predicted molar refractivity (Wildman–Crippen MR) is 158 cm³/mol. The van der Waals surface area contributed by atoms with Crippen LogP contribution in [0, 0.1) is 6.92 Å². The predicted octanol–water partition coefficient (Wildman–Crippen LogP) is 3.06. The van der Waals surface area contributed by atoms with Gasteiger partial charge in [-0.2, -0.15) is 0 Å². The maximum absolute atomic E-state index is 13.4. The molecule has 4 aromatic rings. The van der Waals surface area contributed by atoms with Gasteiger partial charge in [-0.25, -0.2) is 19.3 Å². The second-order valence-corrected chi connectivity index (χ2v) is 11.9. The lowest BCUT2D eigenvalue weighted by Gasteiger charge is -2.43. The highest BCUT2D eigenvalue weighted by atomic mass is 16.4. The quantitative estimate of drug-likeness (QED) is 0.320. The van der Waals surface area contributed by atoms with E-state index in [1.165, 1.54) is 11.6 Å². The van der Waals surface area contributed by atoms with Gasteiger partial charge < -0.3 is 25.3 Å². The molecular weight excluding hydrogens is 534 g/mol. The van der Waals surface area contributed by atoms with Crippen molar-refractivity contribution in [3.05, 3.63) is 83.4 Å². The maximum Gasteiger partial charge on any atom is 0.354 e. The highest BCUT2D eigenvalue weighted by Crippen LogP contribution is 2.36. The molecule has 3 aromatic heterocycles. The Labute approximate surface area is 243 Å². The van der Waals surface area contributed by atoms with Crippen LogP contribution in [-0.4, -0.2) is 79.5 Å². The number of hydrogen-bond acceptors (Lipinski definition) is 8. The van der Waals surface area contributed by atoms with Crippen LogP contribution in [0.1, 0.15) is 58.9 Å². The molecule has 2 aliphatic heterocycles. The number of carboxylic acid groups (broad SMARTS) is 1. The van der Waals surface area contributed by atoms with Gasteiger partial charge in [0, 0.05) is 31.6 Å². The van der Waals surface area contributed by atoms with Crippen LogP contribution in [0.5, 0.6) is 0 Å². The molecule has 5 heterocycles. The first-order chi connectivity index (χ1) is 20.0. The van der Waals surface area contributed by atoms with Crippen molar-refractivity contribution in [3.8, 4) is 0 Å². The number of aliphatic hydroxyl groups is 1. The van der Waals surface area contributed by atoms with E-state index in [-0.39, 0.29) is 23.5 Å². The average Bonchev–Trinajstić information content (AvgIpc) is 3.60. The van der Waals surface area contributed by atoms with E-state index in [1.807, 2.05) is 24.1 Å². The zero-order chi connectivity index (χ0) is 29.6. The number of hydrogen-bond donors (Lipinski definition) is 3. The summed E-state index contributed by atoms with van der Waals surface area (Å²) in [6.07, 6.45) is 3.31. The van der Waals surface area contributed by atoms with E-state index in [4.69, 9.17) is 0 Å². The van der Waals surface area contributed by atoms with E-state index < -0.39 is 23.5 Å². The number of carboxylic acids is 1. The lowest BCUT2D eigenvalue weighted by Crippen LogP contribution is -2.61. The molecule has 3 N–H and O–H groups in total. The Kier molecular flexibility index (Phi) is 6.84. The Bertz CT molecular complexity index is 1650. The largest absolute Gasteiger partial charge is 0.477 e. The summed E-state index contributed by atoms with van der Waals surface area (Å²) < 4.78 is 1.66. The minimum atomic E-state index is -1.18. The van der Waals surface area contributed by atoms with Gasteiger partial charge in [0.15, 0.2) is 11.3 Å². The number of aromatic nitrogens is 4. The molecule has 0 bridgehead atoms. The third-order valence-electron chi connectivity index (χ3n) is 8.74. The van der Waals surface area contributed by atoms with Crippen LogP contribution < -0.4 is 15.1 Å². The fraction of sp³-hybridized carbons (Fsp3) is 0.387. The number of amides is 1. The molecule has 42 heavy (non-hydrogen) atoms. The van der Waals surface area contributed by atoms with Gasteiger partial charge >= 0.3 is 5.97 Å². The van der Waals surface area contributed by atoms with Crippen LogP contribution in [0.2, 0.25) is 0 Å². The van der Waals surface area contributed by atoms with Crippen molar-refractivity contribution in [2.24, 2.45) is 0 Å². The van der Waals surface area contributed by atoms with Crippen LogP contribution in [0.3, 0.4) is 0 Å². The second kappa shape index (κ2) is 10.4. The summed E-state index contributed by atoms with van der Waals surface area (Å²) >= 11 is 0. The number of nitrogens with zero attached hydrogens (tertiary/aromatic N) is 6. The molecule has 0 spiro atoms. The number of nitrogens with one attached hydrogen (secondary N) is 1. The van der Waals surface area contributed by atoms with Gasteiger partial charge in [-0.05, 0) is 56.0 Å². The summed E-state index contributed by atoms with van der Waals surface area (Å²) in [5.41, 5.74) is 2.67. The Morgan fingerprint density at radius 3 is 2.52 bits per heavy atom. The zero-order valence-corrected chi connectivity index (χ0v) is 24.0. The number of piperidine rings is 1. The molecule has 1 amide bonds. The van der Waals surface area contributed by atoms with E-state index in [1.54, 1.807) is 23.6 Å². The minimum absolute atomic E-state index is 0.0183. The molecule has 0 saturated carbocycles. The van der Waals surface area contributed by atoms with Crippen molar-refractivity contribution in [2.45, 2.75) is 50.7 Å². The summed E-state index contributed by atoms with van der Waals surface area (Å²) in [5, 5.41) is 27.8. The van der Waals surface area contributed by atoms with Gasteiger partial charge in [0.05, 0.1) is 23.5 Å². The van der Waals surface area contributed by atoms with Crippen molar-refractivity contribution in [2.75, 3.05) is 36.0 Å². The Morgan fingerprint density at radius 1 is 1.00 bits per heavy atom. The Hall–Kier alpha value is -4.51. The molecule has 11 heteroatoms. The van der Waals surface area contributed by atoms with E-state index in [0.717, 1.165) is 30.8 Å². The van der Waals surface area contributed by atoms with Gasteiger partial charge in [-0.1, -0.05) is 43.3 Å². The SMILES string of the molecule is Cc1cc(N2CC[C@](C)(c3ccccc3)C2)cn2nc(C(=O)NC3CN(c4cccc(C(=O)O)n4)CCC3(C)O)nc12. The lowest BCUT2D eigenvalue weighted by molar-refractivity contribution is 0.00394. The fourth-order valence-electron chi connectivity index (χ4n) is 6.05. The average molecular weight is 570 g/mol. The van der Waals surface area contributed by atoms with Crippen molar-refractivity contribution < 1.29 is 19.8 Å². The summed E-state index contributed by atoms with van der Waals surface area (Å²) in [5.74, 6) is -1.11. The molecule has 2 saturated heterocycles. The number of aromatic carboxylic acids is 1. The number of fused-ring (bicyclic) bond motifs is 1. The zero-order valence-electron chi connectivity index (χ0n) is 24.0. The van der Waals surface area contributed by atoms with Crippen molar-refractivity contribution >= 4 is 29.0 Å². The molecule has 0 radical (unpaired) electrons. The van der Waals surface area contributed by atoms with Crippen LogP contribution >= 0.6 is 0 Å². The number of carbonyl (C=O) groups excluding carboxylic acids is 1. The second-order valence-electron chi connectivity index (χ2n) is 11.9. The van der Waals surface area contributed by atoms with Gasteiger partial charge in [0.25, 0.3) is 5.91 Å². The number of aryl methyl sites for hydroxylation is 1. The summed E-state index contributed by atoms with van der Waals surface area (Å²) in [4.78, 5) is 37.7. The molecule has 3 atom stereocenters. The molecule has 2 fully saturated rings. The first-order valence-electron chi connectivity index (χ1n) is 14.2. The standard InChI is InChI=1S/C31H35N7O4/c1-20-16-22(37-14-12-30(2,19-37)21-8-5-4-6-9-21)17-38-27(20)34-26(35-38)28(39)33-24-18-36(15-13-31(24,3)42)25-11-7-10-23(32-25)29(40)41/h4-11,16-17,24,42H,12-15,18-19H2,1-3H3,(H,33,39)(H,40,41)/t24?,30-,31?/m0/s1. The monoisotopic (exact) mass is 569 g/mol. The van der Waals surface area contributed by atoms with Crippen molar-refractivity contribution in [3.63, 3.8) is 0 Å². The van der Waals surface area contributed by atoms with Crippen LogP contribution in [0.25, 0.3) is 5.65 Å². The number of benzene rings is 1. The lowest BCUT2D eigenvalue weighted by atomic mass is 9.82. The summed E-state index contributed by atoms with van der Waals surface area (Å²) in [6.45, 7) is 8.44. The van der Waals surface area contributed by atoms with Crippen LogP contribution in [-0.2, 0) is 5.41 Å². The van der Waals surface area contributed by atoms with E-state index >= 15 is 0 Å². The topological polar surface area (TPSA) is 136 Å². The fourth-order valence-corrected chi connectivity index (χ4v) is 6.05. The summed E-state index contributed by atoms with van der Waals surface area (Å²) in [7, 11) is 0.